The summed E-state index contributed by atoms with van der Waals surface area (Å²) in [5.41, 5.74) is 2.60. The van der Waals surface area contributed by atoms with Crippen molar-refractivity contribution in [3.05, 3.63) is 53.3 Å². The van der Waals surface area contributed by atoms with Crippen molar-refractivity contribution in [1.82, 2.24) is 20.0 Å². The summed E-state index contributed by atoms with van der Waals surface area (Å²) in [6.45, 7) is 2.79. The molecule has 0 bridgehead atoms. The van der Waals surface area contributed by atoms with Crippen molar-refractivity contribution in [2.24, 2.45) is 0 Å². The van der Waals surface area contributed by atoms with Crippen LogP contribution in [0.4, 0.5) is 0 Å². The molecule has 1 aliphatic carbocycles. The molecule has 2 aromatic rings. The Hall–Kier alpha value is -2.63. The van der Waals surface area contributed by atoms with Gasteiger partial charge in [0.25, 0.3) is 5.91 Å². The van der Waals surface area contributed by atoms with Crippen molar-refractivity contribution >= 4 is 11.8 Å². The third kappa shape index (κ3) is 3.23. The largest absolute Gasteiger partial charge is 0.351 e. The highest BCUT2D eigenvalue weighted by Crippen LogP contribution is 2.24. The second-order valence-corrected chi connectivity index (χ2v) is 7.33. The van der Waals surface area contributed by atoms with Gasteiger partial charge in [0.15, 0.2) is 0 Å². The smallest absolute Gasteiger partial charge is 0.254 e. The fraction of sp³-hybridized carbons (Fsp3) is 0.450. The van der Waals surface area contributed by atoms with Gasteiger partial charge in [-0.25, -0.2) is 0 Å². The summed E-state index contributed by atoms with van der Waals surface area (Å²) in [6.07, 6.45) is 6.11. The highest BCUT2D eigenvalue weighted by molar-refractivity contribution is 5.95. The molecule has 26 heavy (non-hydrogen) atoms. The van der Waals surface area contributed by atoms with Crippen LogP contribution in [-0.2, 0) is 11.3 Å². The third-order valence-electron chi connectivity index (χ3n) is 5.35. The standard InChI is InChI=1S/C20H24N4O2/c1-14-5-4-6-15(11-14)20(26)23-12-17-9-10-21-24(17)18(13-23)19(25)22-16-7-2-3-8-16/h4-6,9-11,16,18H,2-3,7-8,12-13H2,1H3,(H,22,25)/t18-/m1/s1. The maximum Gasteiger partial charge on any atom is 0.254 e. The molecule has 1 aliphatic heterocycles. The summed E-state index contributed by atoms with van der Waals surface area (Å²) >= 11 is 0. The van der Waals surface area contributed by atoms with Crippen LogP contribution < -0.4 is 5.32 Å². The van der Waals surface area contributed by atoms with E-state index in [9.17, 15) is 9.59 Å². The predicted molar refractivity (Wildman–Crippen MR) is 97.6 cm³/mol. The molecule has 6 heteroatoms. The molecule has 1 fully saturated rings. The first-order valence-electron chi connectivity index (χ1n) is 9.30. The van der Waals surface area contributed by atoms with Gasteiger partial charge >= 0.3 is 0 Å². The first kappa shape index (κ1) is 16.8. The quantitative estimate of drug-likeness (QED) is 0.923. The average molecular weight is 352 g/mol. The number of hydrogen-bond donors (Lipinski definition) is 1. The lowest BCUT2D eigenvalue weighted by Crippen LogP contribution is -2.48. The minimum atomic E-state index is -0.469. The summed E-state index contributed by atoms with van der Waals surface area (Å²) < 4.78 is 1.77. The number of fused-ring (bicyclic) bond motifs is 1. The number of aryl methyl sites for hydroxylation is 1. The normalized spacial score (nSPS) is 20.0. The van der Waals surface area contributed by atoms with Crippen LogP contribution in [-0.4, -0.2) is 39.1 Å². The van der Waals surface area contributed by atoms with Crippen LogP contribution in [0, 0.1) is 6.92 Å². The van der Waals surface area contributed by atoms with E-state index in [-0.39, 0.29) is 17.9 Å². The maximum absolute atomic E-state index is 13.0. The number of carbonyl (C=O) groups excluding carboxylic acids is 2. The molecule has 1 aromatic heterocycles. The van der Waals surface area contributed by atoms with Gasteiger partial charge < -0.3 is 10.2 Å². The molecular formula is C20H24N4O2. The molecule has 1 N–H and O–H groups in total. The van der Waals surface area contributed by atoms with Gasteiger partial charge in [-0.15, -0.1) is 0 Å². The maximum atomic E-state index is 13.0. The second kappa shape index (κ2) is 6.94. The Kier molecular flexibility index (Phi) is 4.49. The summed E-state index contributed by atoms with van der Waals surface area (Å²) in [7, 11) is 0. The Morgan fingerprint density at radius 2 is 2.00 bits per heavy atom. The molecule has 2 heterocycles. The van der Waals surface area contributed by atoms with Crippen molar-refractivity contribution < 1.29 is 9.59 Å². The monoisotopic (exact) mass is 352 g/mol. The van der Waals surface area contributed by atoms with E-state index in [0.717, 1.165) is 24.1 Å². The molecule has 0 spiro atoms. The zero-order valence-corrected chi connectivity index (χ0v) is 15.0. The van der Waals surface area contributed by atoms with Crippen LogP contribution in [0.3, 0.4) is 0 Å². The van der Waals surface area contributed by atoms with E-state index in [1.54, 1.807) is 15.8 Å². The molecule has 0 unspecified atom stereocenters. The van der Waals surface area contributed by atoms with Crippen LogP contribution in [0.2, 0.25) is 0 Å². The van der Waals surface area contributed by atoms with Gasteiger partial charge in [0, 0.05) is 17.8 Å². The van der Waals surface area contributed by atoms with Gasteiger partial charge in [-0.3, -0.25) is 14.3 Å². The summed E-state index contributed by atoms with van der Waals surface area (Å²) in [4.78, 5) is 27.6. The molecule has 1 atom stereocenters. The summed E-state index contributed by atoms with van der Waals surface area (Å²) in [5, 5.41) is 7.48. The fourth-order valence-electron chi connectivity index (χ4n) is 3.97. The second-order valence-electron chi connectivity index (χ2n) is 7.33. The van der Waals surface area contributed by atoms with Crippen molar-refractivity contribution in [3.63, 3.8) is 0 Å². The van der Waals surface area contributed by atoms with Crippen LogP contribution >= 0.6 is 0 Å². The van der Waals surface area contributed by atoms with E-state index < -0.39 is 6.04 Å². The van der Waals surface area contributed by atoms with Gasteiger partial charge in [0.2, 0.25) is 5.91 Å². The number of rotatable bonds is 3. The van der Waals surface area contributed by atoms with E-state index in [2.05, 4.69) is 10.4 Å². The Labute approximate surface area is 153 Å². The molecule has 4 rings (SSSR count). The van der Waals surface area contributed by atoms with Gasteiger partial charge in [0.05, 0.1) is 18.8 Å². The van der Waals surface area contributed by atoms with E-state index >= 15 is 0 Å². The molecule has 1 saturated carbocycles. The Bertz CT molecular complexity index is 823. The van der Waals surface area contributed by atoms with Crippen LogP contribution in [0.1, 0.15) is 53.3 Å². The molecule has 0 saturated heterocycles. The first-order valence-corrected chi connectivity index (χ1v) is 9.30. The number of nitrogens with one attached hydrogen (secondary N) is 1. The number of hydrogen-bond acceptors (Lipinski definition) is 3. The number of aromatic nitrogens is 2. The van der Waals surface area contributed by atoms with Crippen molar-refractivity contribution in [2.75, 3.05) is 6.54 Å². The fourth-order valence-corrected chi connectivity index (χ4v) is 3.97. The molecule has 2 amide bonds. The summed E-state index contributed by atoms with van der Waals surface area (Å²) in [6, 6.07) is 9.25. The molecule has 0 radical (unpaired) electrons. The minimum absolute atomic E-state index is 0.0383. The average Bonchev–Trinajstić information content (AvgIpc) is 3.31. The van der Waals surface area contributed by atoms with E-state index in [1.165, 1.54) is 12.8 Å². The number of amides is 2. The lowest BCUT2D eigenvalue weighted by atomic mass is 10.1. The Morgan fingerprint density at radius 1 is 1.19 bits per heavy atom. The highest BCUT2D eigenvalue weighted by atomic mass is 16.2. The van der Waals surface area contributed by atoms with Crippen LogP contribution in [0.5, 0.6) is 0 Å². The molecular weight excluding hydrogens is 328 g/mol. The van der Waals surface area contributed by atoms with Crippen molar-refractivity contribution in [2.45, 2.75) is 51.2 Å². The Balaban J connectivity index is 1.55. The lowest BCUT2D eigenvalue weighted by molar-refractivity contribution is -0.126. The highest BCUT2D eigenvalue weighted by Gasteiger charge is 2.34. The number of nitrogens with zero attached hydrogens (tertiary/aromatic N) is 3. The molecule has 6 nitrogen and oxygen atoms in total. The zero-order chi connectivity index (χ0) is 18.1. The van der Waals surface area contributed by atoms with Gasteiger partial charge in [-0.2, -0.15) is 5.10 Å². The SMILES string of the molecule is Cc1cccc(C(=O)N2Cc3ccnn3[C@@H](C(=O)NC3CCCC3)C2)c1. The van der Waals surface area contributed by atoms with Crippen LogP contribution in [0.25, 0.3) is 0 Å². The number of carbonyl (C=O) groups is 2. The van der Waals surface area contributed by atoms with Gasteiger partial charge in [-0.1, -0.05) is 30.5 Å². The summed E-state index contributed by atoms with van der Waals surface area (Å²) in [5.74, 6) is -0.0802. The number of benzene rings is 1. The zero-order valence-electron chi connectivity index (χ0n) is 15.0. The molecule has 2 aliphatic rings. The Morgan fingerprint density at radius 3 is 2.77 bits per heavy atom. The predicted octanol–water partition coefficient (Wildman–Crippen LogP) is 2.45. The lowest BCUT2D eigenvalue weighted by Gasteiger charge is -2.33. The van der Waals surface area contributed by atoms with Gasteiger partial charge in [0.1, 0.15) is 6.04 Å². The van der Waals surface area contributed by atoms with Gasteiger partial charge in [-0.05, 0) is 38.0 Å². The van der Waals surface area contributed by atoms with Crippen molar-refractivity contribution in [3.8, 4) is 0 Å². The van der Waals surface area contributed by atoms with Crippen LogP contribution in [0.15, 0.2) is 36.5 Å². The minimum Gasteiger partial charge on any atom is -0.351 e. The topological polar surface area (TPSA) is 67.2 Å². The van der Waals surface area contributed by atoms with E-state index in [1.807, 2.05) is 37.3 Å². The van der Waals surface area contributed by atoms with E-state index in [4.69, 9.17) is 0 Å². The molecule has 136 valence electrons. The molecule has 1 aromatic carbocycles. The van der Waals surface area contributed by atoms with Crippen molar-refractivity contribution in [1.29, 1.82) is 0 Å². The van der Waals surface area contributed by atoms with E-state index in [0.29, 0.717) is 18.7 Å². The first-order chi connectivity index (χ1) is 12.6. The third-order valence-corrected chi connectivity index (χ3v) is 5.35.